The van der Waals surface area contributed by atoms with Crippen molar-refractivity contribution in [3.8, 4) is 0 Å². The average molecular weight is 409 g/mol. The molecule has 1 saturated heterocycles. The number of hydrogen-bond acceptors (Lipinski definition) is 5. The minimum atomic E-state index is -0.961. The van der Waals surface area contributed by atoms with E-state index in [2.05, 4.69) is 15.3 Å². The maximum Gasteiger partial charge on any atom is 0.311 e. The first-order valence-electron chi connectivity index (χ1n) is 10.0. The second-order valence-corrected chi connectivity index (χ2v) is 7.65. The van der Waals surface area contributed by atoms with E-state index in [9.17, 15) is 14.4 Å². The van der Waals surface area contributed by atoms with Crippen molar-refractivity contribution in [2.75, 3.05) is 13.1 Å². The Morgan fingerprint density at radius 1 is 1.00 bits per heavy atom. The van der Waals surface area contributed by atoms with Crippen LogP contribution in [0.2, 0.25) is 0 Å². The lowest BCUT2D eigenvalue weighted by molar-refractivity contribution is -0.144. The molecular weight excluding hydrogens is 382 g/mol. The van der Waals surface area contributed by atoms with Crippen LogP contribution >= 0.6 is 0 Å². The molecule has 2 atom stereocenters. The number of rotatable bonds is 3. The molecule has 1 fully saturated rings. The number of nitrogens with one attached hydrogen (secondary N) is 1. The summed E-state index contributed by atoms with van der Waals surface area (Å²) in [6.45, 7) is 6.14. The van der Waals surface area contributed by atoms with Gasteiger partial charge in [-0.1, -0.05) is 30.3 Å². The molecule has 1 aliphatic heterocycles. The van der Waals surface area contributed by atoms with Gasteiger partial charge < -0.3 is 16.0 Å². The normalized spacial score (nSPS) is 19.1. The van der Waals surface area contributed by atoms with Crippen LogP contribution in [0.1, 0.15) is 51.9 Å². The van der Waals surface area contributed by atoms with Gasteiger partial charge in [-0.3, -0.25) is 14.4 Å². The Morgan fingerprint density at radius 2 is 1.60 bits per heavy atom. The van der Waals surface area contributed by atoms with Crippen LogP contribution in [-0.2, 0) is 9.59 Å². The van der Waals surface area contributed by atoms with E-state index in [1.54, 1.807) is 20.8 Å². The van der Waals surface area contributed by atoms with Gasteiger partial charge in [0.05, 0.1) is 17.0 Å². The summed E-state index contributed by atoms with van der Waals surface area (Å²) in [5.74, 6) is -1.26. The third kappa shape index (κ3) is 4.64. The molecule has 0 unspecified atom stereocenters. The summed E-state index contributed by atoms with van der Waals surface area (Å²) in [4.78, 5) is 46.7. The molecule has 0 saturated carbocycles. The number of aryl methyl sites for hydroxylation is 3. The van der Waals surface area contributed by atoms with Gasteiger partial charge in [0, 0.05) is 25.0 Å². The molecule has 8 heteroatoms. The SMILES string of the molecule is Cc1nc(C)c(C(=O)N[C@@H]2CCN(C(=O)C(N)=O)CC[C@H]2c2ccccc2)c(C)n1. The molecule has 1 aliphatic rings. The van der Waals surface area contributed by atoms with Gasteiger partial charge in [-0.25, -0.2) is 9.97 Å². The van der Waals surface area contributed by atoms with Crippen LogP contribution in [0.15, 0.2) is 30.3 Å². The van der Waals surface area contributed by atoms with Crippen LogP contribution < -0.4 is 11.1 Å². The highest BCUT2D eigenvalue weighted by Gasteiger charge is 2.32. The van der Waals surface area contributed by atoms with Gasteiger partial charge in [0.1, 0.15) is 5.82 Å². The molecule has 3 rings (SSSR count). The van der Waals surface area contributed by atoms with Crippen molar-refractivity contribution in [2.45, 2.75) is 45.6 Å². The van der Waals surface area contributed by atoms with E-state index in [-0.39, 0.29) is 17.9 Å². The Hall–Kier alpha value is -3.29. The molecule has 0 radical (unpaired) electrons. The zero-order chi connectivity index (χ0) is 21.8. The summed E-state index contributed by atoms with van der Waals surface area (Å²) in [6, 6.07) is 9.65. The number of hydrogen-bond donors (Lipinski definition) is 2. The topological polar surface area (TPSA) is 118 Å². The van der Waals surface area contributed by atoms with Crippen LogP contribution in [0.5, 0.6) is 0 Å². The Bertz CT molecular complexity index is 937. The van der Waals surface area contributed by atoms with Gasteiger partial charge >= 0.3 is 11.8 Å². The highest BCUT2D eigenvalue weighted by Crippen LogP contribution is 2.29. The highest BCUT2D eigenvalue weighted by molar-refractivity contribution is 6.34. The predicted molar refractivity (Wildman–Crippen MR) is 112 cm³/mol. The van der Waals surface area contributed by atoms with E-state index in [1.165, 1.54) is 4.90 Å². The summed E-state index contributed by atoms with van der Waals surface area (Å²) >= 11 is 0. The molecule has 0 aliphatic carbocycles. The lowest BCUT2D eigenvalue weighted by atomic mass is 9.87. The van der Waals surface area contributed by atoms with Gasteiger partial charge in [-0.05, 0) is 39.2 Å². The number of nitrogens with zero attached hydrogens (tertiary/aromatic N) is 3. The lowest BCUT2D eigenvalue weighted by Gasteiger charge is -2.26. The van der Waals surface area contributed by atoms with Crippen molar-refractivity contribution >= 4 is 17.7 Å². The summed E-state index contributed by atoms with van der Waals surface area (Å²) in [5.41, 5.74) is 8.00. The third-order valence-electron chi connectivity index (χ3n) is 5.56. The zero-order valence-electron chi connectivity index (χ0n) is 17.5. The van der Waals surface area contributed by atoms with Crippen LogP contribution in [0.3, 0.4) is 0 Å². The van der Waals surface area contributed by atoms with Crippen molar-refractivity contribution in [1.29, 1.82) is 0 Å². The molecule has 0 bridgehead atoms. The molecule has 2 aromatic rings. The first kappa shape index (κ1) is 21.4. The largest absolute Gasteiger partial charge is 0.361 e. The first-order chi connectivity index (χ1) is 14.3. The summed E-state index contributed by atoms with van der Waals surface area (Å²) in [6.07, 6.45) is 1.12. The number of carbonyl (C=O) groups is 3. The number of benzene rings is 1. The van der Waals surface area contributed by atoms with Crippen molar-refractivity contribution in [2.24, 2.45) is 5.73 Å². The van der Waals surface area contributed by atoms with Crippen LogP contribution in [0.25, 0.3) is 0 Å². The molecule has 30 heavy (non-hydrogen) atoms. The van der Waals surface area contributed by atoms with Gasteiger partial charge in [-0.2, -0.15) is 0 Å². The van der Waals surface area contributed by atoms with Crippen molar-refractivity contribution in [3.05, 3.63) is 58.7 Å². The van der Waals surface area contributed by atoms with Crippen LogP contribution in [0.4, 0.5) is 0 Å². The average Bonchev–Trinajstić information content (AvgIpc) is 2.89. The second-order valence-electron chi connectivity index (χ2n) is 7.65. The smallest absolute Gasteiger partial charge is 0.311 e. The standard InChI is InChI=1S/C22H27N5O3/c1-13-19(14(2)25-15(3)24-13)21(29)26-18-10-12-27(22(30)20(23)28)11-9-17(18)16-7-5-4-6-8-16/h4-8,17-18H,9-12H2,1-3H3,(H2,23,28)(H,26,29)/t17-,18+/m0/s1. The number of nitrogens with two attached hydrogens (primary N) is 1. The fourth-order valence-corrected chi connectivity index (χ4v) is 4.19. The fourth-order valence-electron chi connectivity index (χ4n) is 4.19. The summed E-state index contributed by atoms with van der Waals surface area (Å²) in [5, 5.41) is 3.14. The van der Waals surface area contributed by atoms with Gasteiger partial charge in [-0.15, -0.1) is 0 Å². The molecule has 3 N–H and O–H groups in total. The van der Waals surface area contributed by atoms with E-state index < -0.39 is 11.8 Å². The Labute approximate surface area is 175 Å². The molecular formula is C22H27N5O3. The molecule has 8 nitrogen and oxygen atoms in total. The monoisotopic (exact) mass is 409 g/mol. The van der Waals surface area contributed by atoms with Gasteiger partial charge in [0.2, 0.25) is 0 Å². The second kappa shape index (κ2) is 9.02. The Balaban J connectivity index is 1.88. The third-order valence-corrected chi connectivity index (χ3v) is 5.56. The quantitative estimate of drug-likeness (QED) is 0.743. The molecule has 158 valence electrons. The first-order valence-corrected chi connectivity index (χ1v) is 10.0. The molecule has 2 heterocycles. The van der Waals surface area contributed by atoms with Crippen LogP contribution in [0, 0.1) is 20.8 Å². The number of carbonyl (C=O) groups excluding carboxylic acids is 3. The van der Waals surface area contributed by atoms with Crippen LogP contribution in [-0.4, -0.2) is 51.7 Å². The lowest BCUT2D eigenvalue weighted by Crippen LogP contribution is -2.42. The maximum atomic E-state index is 13.1. The number of primary amides is 1. The number of likely N-dealkylation sites (tertiary alicyclic amines) is 1. The minimum Gasteiger partial charge on any atom is -0.361 e. The molecule has 1 aromatic carbocycles. The Morgan fingerprint density at radius 3 is 2.20 bits per heavy atom. The summed E-state index contributed by atoms with van der Waals surface area (Å²) < 4.78 is 0. The van der Waals surface area contributed by atoms with E-state index in [4.69, 9.17) is 5.73 Å². The molecule has 3 amide bonds. The van der Waals surface area contributed by atoms with Crippen molar-refractivity contribution in [3.63, 3.8) is 0 Å². The van der Waals surface area contributed by atoms with Gasteiger partial charge in [0.25, 0.3) is 5.91 Å². The number of amides is 3. The maximum absolute atomic E-state index is 13.1. The highest BCUT2D eigenvalue weighted by atomic mass is 16.2. The van der Waals surface area contributed by atoms with E-state index >= 15 is 0 Å². The van der Waals surface area contributed by atoms with E-state index in [0.29, 0.717) is 48.7 Å². The number of aromatic nitrogens is 2. The van der Waals surface area contributed by atoms with Gasteiger partial charge in [0.15, 0.2) is 0 Å². The van der Waals surface area contributed by atoms with Crippen molar-refractivity contribution in [1.82, 2.24) is 20.2 Å². The van der Waals surface area contributed by atoms with E-state index in [1.807, 2.05) is 30.3 Å². The zero-order valence-corrected chi connectivity index (χ0v) is 17.5. The minimum absolute atomic E-state index is 0.00666. The van der Waals surface area contributed by atoms with E-state index in [0.717, 1.165) is 5.56 Å². The molecule has 1 aromatic heterocycles. The van der Waals surface area contributed by atoms with Crippen molar-refractivity contribution < 1.29 is 14.4 Å². The Kier molecular flexibility index (Phi) is 6.44. The predicted octanol–water partition coefficient (Wildman–Crippen LogP) is 1.39. The fraction of sp³-hybridized carbons (Fsp3) is 0.409. The summed E-state index contributed by atoms with van der Waals surface area (Å²) in [7, 11) is 0. The molecule has 0 spiro atoms.